The standard InChI is InChI=1S/C20H22N2S/c1-2-8-16(9-3-1)12-13-18(22-14-6-7-15-22)20-21-17-10-4-5-11-19(17)23-20/h1-5,8-11,18H,6-7,12-15H2/t18-/m1/s1. The lowest BCUT2D eigenvalue weighted by Gasteiger charge is -2.25. The number of thiazole rings is 1. The summed E-state index contributed by atoms with van der Waals surface area (Å²) in [6, 6.07) is 19.8. The van der Waals surface area contributed by atoms with Crippen molar-refractivity contribution in [1.82, 2.24) is 9.88 Å². The van der Waals surface area contributed by atoms with Crippen molar-refractivity contribution in [1.29, 1.82) is 0 Å². The number of benzene rings is 2. The lowest BCUT2D eigenvalue weighted by atomic mass is 10.0. The van der Waals surface area contributed by atoms with Crippen molar-refractivity contribution in [3.05, 3.63) is 65.2 Å². The number of para-hydroxylation sites is 1. The highest BCUT2D eigenvalue weighted by molar-refractivity contribution is 7.18. The molecule has 0 aliphatic carbocycles. The van der Waals surface area contributed by atoms with Gasteiger partial charge in [0.1, 0.15) is 5.01 Å². The molecule has 1 fully saturated rings. The second kappa shape index (κ2) is 6.81. The van der Waals surface area contributed by atoms with Crippen molar-refractivity contribution < 1.29 is 0 Å². The molecule has 3 heteroatoms. The molecule has 1 aromatic heterocycles. The van der Waals surface area contributed by atoms with E-state index in [9.17, 15) is 0 Å². The van der Waals surface area contributed by atoms with E-state index in [1.165, 1.54) is 41.2 Å². The van der Waals surface area contributed by atoms with E-state index in [0.717, 1.165) is 18.4 Å². The molecule has 0 N–H and O–H groups in total. The Kier molecular flexibility index (Phi) is 4.40. The van der Waals surface area contributed by atoms with Crippen LogP contribution in [-0.2, 0) is 6.42 Å². The molecule has 4 rings (SSSR count). The van der Waals surface area contributed by atoms with Crippen LogP contribution in [0, 0.1) is 0 Å². The van der Waals surface area contributed by atoms with Gasteiger partial charge in [0.15, 0.2) is 0 Å². The Labute approximate surface area is 141 Å². The fourth-order valence-electron chi connectivity index (χ4n) is 3.50. The number of aromatic nitrogens is 1. The number of nitrogens with zero attached hydrogens (tertiary/aromatic N) is 2. The van der Waals surface area contributed by atoms with Gasteiger partial charge in [-0.05, 0) is 56.5 Å². The Morgan fingerprint density at radius 3 is 2.48 bits per heavy atom. The molecule has 118 valence electrons. The van der Waals surface area contributed by atoms with E-state index in [2.05, 4.69) is 59.5 Å². The van der Waals surface area contributed by atoms with Crippen molar-refractivity contribution in [3.63, 3.8) is 0 Å². The molecule has 23 heavy (non-hydrogen) atoms. The molecule has 1 saturated heterocycles. The third-order valence-electron chi connectivity index (χ3n) is 4.73. The normalized spacial score (nSPS) is 16.9. The highest BCUT2D eigenvalue weighted by atomic mass is 32.1. The van der Waals surface area contributed by atoms with Crippen molar-refractivity contribution in [3.8, 4) is 0 Å². The molecule has 0 bridgehead atoms. The van der Waals surface area contributed by atoms with Crippen LogP contribution in [-0.4, -0.2) is 23.0 Å². The van der Waals surface area contributed by atoms with Crippen molar-refractivity contribution in [2.24, 2.45) is 0 Å². The Morgan fingerprint density at radius 1 is 0.957 bits per heavy atom. The topological polar surface area (TPSA) is 16.1 Å². The van der Waals surface area contributed by atoms with Gasteiger partial charge in [0, 0.05) is 0 Å². The molecule has 0 unspecified atom stereocenters. The maximum absolute atomic E-state index is 4.95. The Hall–Kier alpha value is -1.71. The molecule has 0 amide bonds. The summed E-state index contributed by atoms with van der Waals surface area (Å²) in [5.74, 6) is 0. The Morgan fingerprint density at radius 2 is 1.70 bits per heavy atom. The van der Waals surface area contributed by atoms with E-state index in [0.29, 0.717) is 6.04 Å². The van der Waals surface area contributed by atoms with E-state index < -0.39 is 0 Å². The van der Waals surface area contributed by atoms with Gasteiger partial charge < -0.3 is 0 Å². The fraction of sp³-hybridized carbons (Fsp3) is 0.350. The smallest absolute Gasteiger partial charge is 0.111 e. The second-order valence-electron chi connectivity index (χ2n) is 6.30. The SMILES string of the molecule is c1ccc(CC[C@H](c2nc3ccccc3s2)N2CCCC2)cc1. The highest BCUT2D eigenvalue weighted by Gasteiger charge is 2.25. The average Bonchev–Trinajstić information content (AvgIpc) is 3.25. The van der Waals surface area contributed by atoms with Crippen LogP contribution in [0.2, 0.25) is 0 Å². The molecule has 2 nitrogen and oxygen atoms in total. The van der Waals surface area contributed by atoms with Crippen LogP contribution in [0.1, 0.15) is 35.9 Å². The number of fused-ring (bicyclic) bond motifs is 1. The molecule has 2 heterocycles. The second-order valence-corrected chi connectivity index (χ2v) is 7.37. The van der Waals surface area contributed by atoms with Crippen molar-refractivity contribution >= 4 is 21.6 Å². The zero-order valence-corrected chi connectivity index (χ0v) is 14.1. The predicted octanol–water partition coefficient (Wildman–Crippen LogP) is 5.07. The number of aryl methyl sites for hydroxylation is 1. The van der Waals surface area contributed by atoms with E-state index in [4.69, 9.17) is 4.98 Å². The van der Waals surface area contributed by atoms with Crippen LogP contribution >= 0.6 is 11.3 Å². The minimum absolute atomic E-state index is 0.468. The zero-order chi connectivity index (χ0) is 15.5. The molecule has 1 aliphatic heterocycles. The van der Waals surface area contributed by atoms with Gasteiger partial charge in [0.2, 0.25) is 0 Å². The number of likely N-dealkylation sites (tertiary alicyclic amines) is 1. The summed E-state index contributed by atoms with van der Waals surface area (Å²) in [5.41, 5.74) is 2.58. The fourth-order valence-corrected chi connectivity index (χ4v) is 4.63. The van der Waals surface area contributed by atoms with Crippen LogP contribution in [0.4, 0.5) is 0 Å². The van der Waals surface area contributed by atoms with Gasteiger partial charge in [0.05, 0.1) is 16.3 Å². The highest BCUT2D eigenvalue weighted by Crippen LogP contribution is 2.34. The van der Waals surface area contributed by atoms with Crippen molar-refractivity contribution in [2.75, 3.05) is 13.1 Å². The van der Waals surface area contributed by atoms with Crippen LogP contribution < -0.4 is 0 Å². The predicted molar refractivity (Wildman–Crippen MR) is 97.9 cm³/mol. The summed E-state index contributed by atoms with van der Waals surface area (Å²) in [7, 11) is 0. The summed E-state index contributed by atoms with van der Waals surface area (Å²) >= 11 is 1.87. The molecule has 1 aliphatic rings. The number of hydrogen-bond donors (Lipinski definition) is 0. The first-order valence-electron chi connectivity index (χ1n) is 8.53. The van der Waals surface area contributed by atoms with Gasteiger partial charge in [-0.1, -0.05) is 42.5 Å². The first-order valence-corrected chi connectivity index (χ1v) is 9.35. The van der Waals surface area contributed by atoms with Gasteiger partial charge in [-0.2, -0.15) is 0 Å². The van der Waals surface area contributed by atoms with E-state index in [1.54, 1.807) is 0 Å². The number of rotatable bonds is 5. The minimum Gasteiger partial charge on any atom is -0.294 e. The van der Waals surface area contributed by atoms with Crippen LogP contribution in [0.15, 0.2) is 54.6 Å². The van der Waals surface area contributed by atoms with E-state index in [1.807, 2.05) is 11.3 Å². The first kappa shape index (κ1) is 14.9. The van der Waals surface area contributed by atoms with E-state index >= 15 is 0 Å². The molecule has 2 aromatic carbocycles. The summed E-state index contributed by atoms with van der Waals surface area (Å²) in [5, 5.41) is 1.30. The summed E-state index contributed by atoms with van der Waals surface area (Å²) in [6.07, 6.45) is 4.93. The lowest BCUT2D eigenvalue weighted by Crippen LogP contribution is -2.26. The average molecular weight is 322 g/mol. The molecule has 1 atom stereocenters. The monoisotopic (exact) mass is 322 g/mol. The molecule has 0 saturated carbocycles. The first-order chi connectivity index (χ1) is 11.4. The lowest BCUT2D eigenvalue weighted by molar-refractivity contribution is 0.233. The molecule has 3 aromatic rings. The van der Waals surface area contributed by atoms with Crippen LogP contribution in [0.25, 0.3) is 10.2 Å². The van der Waals surface area contributed by atoms with Gasteiger partial charge in [-0.3, -0.25) is 4.90 Å². The van der Waals surface area contributed by atoms with Crippen molar-refractivity contribution in [2.45, 2.75) is 31.7 Å². The third-order valence-corrected chi connectivity index (χ3v) is 5.86. The molecular weight excluding hydrogens is 300 g/mol. The summed E-state index contributed by atoms with van der Waals surface area (Å²) < 4.78 is 1.31. The van der Waals surface area contributed by atoms with Gasteiger partial charge in [0.25, 0.3) is 0 Å². The number of hydrogen-bond acceptors (Lipinski definition) is 3. The van der Waals surface area contributed by atoms with Crippen LogP contribution in [0.5, 0.6) is 0 Å². The molecule has 0 radical (unpaired) electrons. The van der Waals surface area contributed by atoms with E-state index in [-0.39, 0.29) is 0 Å². The van der Waals surface area contributed by atoms with Gasteiger partial charge >= 0.3 is 0 Å². The quantitative estimate of drug-likeness (QED) is 0.652. The molecule has 0 spiro atoms. The molecular formula is C20H22N2S. The van der Waals surface area contributed by atoms with Gasteiger partial charge in [-0.15, -0.1) is 11.3 Å². The Bertz CT molecular complexity index is 726. The maximum atomic E-state index is 4.95. The zero-order valence-electron chi connectivity index (χ0n) is 13.3. The summed E-state index contributed by atoms with van der Waals surface area (Å²) in [6.45, 7) is 2.44. The Balaban J connectivity index is 1.59. The minimum atomic E-state index is 0.468. The summed E-state index contributed by atoms with van der Waals surface area (Å²) in [4.78, 5) is 7.59. The van der Waals surface area contributed by atoms with Gasteiger partial charge in [-0.25, -0.2) is 4.98 Å². The van der Waals surface area contributed by atoms with Crippen LogP contribution in [0.3, 0.4) is 0 Å². The maximum Gasteiger partial charge on any atom is 0.111 e. The largest absolute Gasteiger partial charge is 0.294 e. The third kappa shape index (κ3) is 3.31.